The molecule has 0 saturated carbocycles. The average molecular weight is 417 g/mol. The van der Waals surface area contributed by atoms with E-state index in [2.05, 4.69) is 5.32 Å². The van der Waals surface area contributed by atoms with Crippen molar-refractivity contribution in [3.63, 3.8) is 0 Å². The fourth-order valence-corrected chi connectivity index (χ4v) is 3.92. The van der Waals surface area contributed by atoms with Crippen molar-refractivity contribution in [2.45, 2.75) is 51.6 Å². The maximum absolute atomic E-state index is 13.8. The summed E-state index contributed by atoms with van der Waals surface area (Å²) >= 11 is 1.36. The Kier molecular flexibility index (Phi) is 9.19. The lowest BCUT2D eigenvalue weighted by Gasteiger charge is -2.31. The Morgan fingerprint density at radius 1 is 1.07 bits per heavy atom. The number of hydrogen-bond donors (Lipinski definition) is 1. The monoisotopic (exact) mass is 416 g/mol. The number of halogens is 1. The molecule has 1 atom stereocenters. The predicted octanol–water partition coefficient (Wildman–Crippen LogP) is 4.39. The molecule has 0 saturated heterocycles. The van der Waals surface area contributed by atoms with Gasteiger partial charge in [0.05, 0.1) is 5.75 Å². The lowest BCUT2D eigenvalue weighted by atomic mass is 10.1. The highest BCUT2D eigenvalue weighted by Crippen LogP contribution is 2.18. The topological polar surface area (TPSA) is 49.4 Å². The van der Waals surface area contributed by atoms with Crippen LogP contribution in [-0.2, 0) is 21.9 Å². The number of benzene rings is 2. The van der Waals surface area contributed by atoms with Crippen molar-refractivity contribution in [2.75, 3.05) is 5.75 Å². The van der Waals surface area contributed by atoms with Gasteiger partial charge >= 0.3 is 0 Å². The SMILES string of the molecule is CC[C@H](C(=O)NC(C)C)N(Cc1ccccc1)C(=O)CSCc1ccccc1F. The van der Waals surface area contributed by atoms with Crippen molar-refractivity contribution >= 4 is 23.6 Å². The van der Waals surface area contributed by atoms with E-state index in [0.29, 0.717) is 24.3 Å². The minimum absolute atomic E-state index is 0.000609. The fraction of sp³-hybridized carbons (Fsp3) is 0.391. The Morgan fingerprint density at radius 3 is 2.34 bits per heavy atom. The molecule has 29 heavy (non-hydrogen) atoms. The molecular weight excluding hydrogens is 387 g/mol. The summed E-state index contributed by atoms with van der Waals surface area (Å²) in [4.78, 5) is 27.4. The van der Waals surface area contributed by atoms with E-state index in [9.17, 15) is 14.0 Å². The molecule has 0 aromatic heterocycles. The normalized spacial score (nSPS) is 11.9. The van der Waals surface area contributed by atoms with Crippen LogP contribution in [0.3, 0.4) is 0 Å². The van der Waals surface area contributed by atoms with Crippen LogP contribution in [0.15, 0.2) is 54.6 Å². The number of carbonyl (C=O) groups excluding carboxylic acids is 2. The van der Waals surface area contributed by atoms with Crippen molar-refractivity contribution < 1.29 is 14.0 Å². The molecule has 0 fully saturated rings. The molecule has 0 aliphatic carbocycles. The molecule has 0 aliphatic heterocycles. The third kappa shape index (κ3) is 7.20. The Labute approximate surface area is 176 Å². The van der Waals surface area contributed by atoms with Gasteiger partial charge in [-0.15, -0.1) is 11.8 Å². The highest BCUT2D eigenvalue weighted by atomic mass is 32.2. The summed E-state index contributed by atoms with van der Waals surface area (Å²) < 4.78 is 13.8. The molecule has 2 aromatic carbocycles. The standard InChI is InChI=1S/C23H29FN2O2S/c1-4-21(23(28)25-17(2)3)26(14-18-10-6-5-7-11-18)22(27)16-29-15-19-12-8-9-13-20(19)24/h5-13,17,21H,4,14-16H2,1-3H3,(H,25,28)/t21-/m1/s1. The Balaban J connectivity index is 2.11. The van der Waals surface area contributed by atoms with Crippen LogP contribution in [0.1, 0.15) is 38.3 Å². The molecular formula is C23H29FN2O2S. The molecule has 2 amide bonds. The van der Waals surface area contributed by atoms with Crippen LogP contribution in [0.4, 0.5) is 4.39 Å². The number of amides is 2. The second-order valence-electron chi connectivity index (χ2n) is 7.18. The van der Waals surface area contributed by atoms with Crippen molar-refractivity contribution in [3.05, 3.63) is 71.5 Å². The molecule has 0 bridgehead atoms. The van der Waals surface area contributed by atoms with Gasteiger partial charge < -0.3 is 10.2 Å². The fourth-order valence-electron chi connectivity index (χ4n) is 3.03. The van der Waals surface area contributed by atoms with Gasteiger partial charge in [0.25, 0.3) is 0 Å². The predicted molar refractivity (Wildman–Crippen MR) is 117 cm³/mol. The van der Waals surface area contributed by atoms with E-state index in [-0.39, 0.29) is 29.4 Å². The third-order valence-corrected chi connectivity index (χ3v) is 5.42. The van der Waals surface area contributed by atoms with Gasteiger partial charge in [0.15, 0.2) is 0 Å². The number of hydrogen-bond acceptors (Lipinski definition) is 3. The first kappa shape index (κ1) is 22.9. The average Bonchev–Trinajstić information content (AvgIpc) is 2.69. The maximum atomic E-state index is 13.8. The Bertz CT molecular complexity index is 798. The summed E-state index contributed by atoms with van der Waals surface area (Å²) in [6.45, 7) is 6.07. The highest BCUT2D eigenvalue weighted by Gasteiger charge is 2.28. The molecule has 2 rings (SSSR count). The molecule has 0 spiro atoms. The molecule has 2 aromatic rings. The van der Waals surface area contributed by atoms with Crippen LogP contribution in [0.25, 0.3) is 0 Å². The zero-order valence-electron chi connectivity index (χ0n) is 17.2. The summed E-state index contributed by atoms with van der Waals surface area (Å²) in [6.07, 6.45) is 0.523. The lowest BCUT2D eigenvalue weighted by Crippen LogP contribution is -2.50. The van der Waals surface area contributed by atoms with Gasteiger partial charge in [-0.1, -0.05) is 55.5 Å². The summed E-state index contributed by atoms with van der Waals surface area (Å²) in [5.41, 5.74) is 1.54. The van der Waals surface area contributed by atoms with Gasteiger partial charge in [-0.25, -0.2) is 4.39 Å². The number of carbonyl (C=O) groups is 2. The number of thioether (sulfide) groups is 1. The zero-order valence-corrected chi connectivity index (χ0v) is 18.0. The Morgan fingerprint density at radius 2 is 1.72 bits per heavy atom. The van der Waals surface area contributed by atoms with Crippen molar-refractivity contribution in [1.29, 1.82) is 0 Å². The van der Waals surface area contributed by atoms with Crippen molar-refractivity contribution in [1.82, 2.24) is 10.2 Å². The van der Waals surface area contributed by atoms with E-state index >= 15 is 0 Å². The summed E-state index contributed by atoms with van der Waals surface area (Å²) in [5, 5.41) is 2.92. The molecule has 0 aliphatic rings. The largest absolute Gasteiger partial charge is 0.352 e. The first-order chi connectivity index (χ1) is 13.9. The van der Waals surface area contributed by atoms with E-state index in [1.54, 1.807) is 23.1 Å². The molecule has 0 heterocycles. The van der Waals surface area contributed by atoms with Crippen LogP contribution in [-0.4, -0.2) is 34.6 Å². The summed E-state index contributed by atoms with van der Waals surface area (Å²) in [7, 11) is 0. The molecule has 0 radical (unpaired) electrons. The molecule has 4 nitrogen and oxygen atoms in total. The van der Waals surface area contributed by atoms with Gasteiger partial charge in [0.2, 0.25) is 11.8 Å². The minimum Gasteiger partial charge on any atom is -0.352 e. The van der Waals surface area contributed by atoms with Crippen LogP contribution in [0.2, 0.25) is 0 Å². The van der Waals surface area contributed by atoms with Crippen LogP contribution < -0.4 is 5.32 Å². The first-order valence-corrected chi connectivity index (χ1v) is 11.0. The van der Waals surface area contributed by atoms with E-state index in [1.165, 1.54) is 17.8 Å². The van der Waals surface area contributed by atoms with E-state index < -0.39 is 6.04 Å². The second kappa shape index (κ2) is 11.6. The van der Waals surface area contributed by atoms with E-state index in [4.69, 9.17) is 0 Å². The number of rotatable bonds is 10. The summed E-state index contributed by atoms with van der Waals surface area (Å²) in [6, 6.07) is 15.7. The van der Waals surface area contributed by atoms with E-state index in [0.717, 1.165) is 5.56 Å². The Hall–Kier alpha value is -2.34. The van der Waals surface area contributed by atoms with Gasteiger partial charge in [-0.2, -0.15) is 0 Å². The third-order valence-electron chi connectivity index (χ3n) is 4.45. The number of nitrogens with zero attached hydrogens (tertiary/aromatic N) is 1. The molecule has 156 valence electrons. The second-order valence-corrected chi connectivity index (χ2v) is 8.16. The summed E-state index contributed by atoms with van der Waals surface area (Å²) in [5.74, 6) is 0.0577. The van der Waals surface area contributed by atoms with Gasteiger partial charge in [0.1, 0.15) is 11.9 Å². The minimum atomic E-state index is -0.542. The van der Waals surface area contributed by atoms with Crippen LogP contribution in [0.5, 0.6) is 0 Å². The molecule has 1 N–H and O–H groups in total. The number of nitrogens with one attached hydrogen (secondary N) is 1. The van der Waals surface area contributed by atoms with Crippen molar-refractivity contribution in [2.24, 2.45) is 0 Å². The van der Waals surface area contributed by atoms with Gasteiger partial charge in [-0.05, 0) is 37.5 Å². The van der Waals surface area contributed by atoms with Gasteiger partial charge in [-0.3, -0.25) is 9.59 Å². The van der Waals surface area contributed by atoms with E-state index in [1.807, 2.05) is 51.1 Å². The quantitative estimate of drug-likeness (QED) is 0.625. The lowest BCUT2D eigenvalue weighted by molar-refractivity contribution is -0.139. The smallest absolute Gasteiger partial charge is 0.243 e. The van der Waals surface area contributed by atoms with Gasteiger partial charge in [0, 0.05) is 18.3 Å². The molecule has 0 unspecified atom stereocenters. The zero-order chi connectivity index (χ0) is 21.2. The van der Waals surface area contributed by atoms with Crippen LogP contribution in [0, 0.1) is 5.82 Å². The van der Waals surface area contributed by atoms with Crippen molar-refractivity contribution in [3.8, 4) is 0 Å². The highest BCUT2D eigenvalue weighted by molar-refractivity contribution is 7.99. The first-order valence-electron chi connectivity index (χ1n) is 9.87. The van der Waals surface area contributed by atoms with Crippen LogP contribution >= 0.6 is 11.8 Å². The maximum Gasteiger partial charge on any atom is 0.243 e. The molecule has 6 heteroatoms.